The van der Waals surface area contributed by atoms with Crippen LogP contribution in [0.5, 0.6) is 11.5 Å². The maximum atomic E-state index is 8.99. The fourth-order valence-electron chi connectivity index (χ4n) is 1.70. The number of hydrogen-bond donors (Lipinski definition) is 1. The van der Waals surface area contributed by atoms with Gasteiger partial charge in [0.1, 0.15) is 18.1 Å². The molecule has 0 aliphatic heterocycles. The number of benzene rings is 2. The Labute approximate surface area is 112 Å². The van der Waals surface area contributed by atoms with Crippen LogP contribution >= 0.6 is 0 Å². The lowest BCUT2D eigenvalue weighted by Crippen LogP contribution is -2.00. The van der Waals surface area contributed by atoms with E-state index in [1.807, 2.05) is 18.2 Å². The maximum absolute atomic E-state index is 8.99. The molecule has 2 aromatic carbocycles. The van der Waals surface area contributed by atoms with Gasteiger partial charge >= 0.3 is 0 Å². The second-order valence-electron chi connectivity index (χ2n) is 3.96. The predicted molar refractivity (Wildman–Crippen MR) is 72.9 cm³/mol. The van der Waals surface area contributed by atoms with Crippen molar-refractivity contribution in [3.05, 3.63) is 53.6 Å². The summed E-state index contributed by atoms with van der Waals surface area (Å²) in [5.41, 5.74) is 7.81. The van der Waals surface area contributed by atoms with Crippen LogP contribution in [0.4, 0.5) is 5.69 Å². The van der Waals surface area contributed by atoms with Gasteiger partial charge < -0.3 is 15.2 Å². The van der Waals surface area contributed by atoms with E-state index in [0.29, 0.717) is 29.4 Å². The van der Waals surface area contributed by atoms with Crippen molar-refractivity contribution in [3.63, 3.8) is 0 Å². The minimum atomic E-state index is 0.306. The van der Waals surface area contributed by atoms with Crippen molar-refractivity contribution in [2.24, 2.45) is 0 Å². The van der Waals surface area contributed by atoms with E-state index in [9.17, 15) is 0 Å². The quantitative estimate of drug-likeness (QED) is 0.852. The number of rotatable bonds is 4. The topological polar surface area (TPSA) is 68.3 Å². The molecule has 0 aliphatic carbocycles. The fraction of sp³-hybridized carbons (Fsp3) is 0.133. The zero-order valence-electron chi connectivity index (χ0n) is 10.6. The van der Waals surface area contributed by atoms with E-state index < -0.39 is 0 Å². The van der Waals surface area contributed by atoms with E-state index in [4.69, 9.17) is 20.5 Å². The number of nitrogens with two attached hydrogens (primary N) is 1. The molecule has 19 heavy (non-hydrogen) atoms. The molecule has 2 N–H and O–H groups in total. The molecule has 2 rings (SSSR count). The van der Waals surface area contributed by atoms with E-state index >= 15 is 0 Å². The standard InChI is InChI=1S/C15H14N2O2/c1-18-13-6-7-15(14(17)8-13)19-10-12-5-3-2-4-11(12)9-16/h2-8H,10,17H2,1H3. The van der Waals surface area contributed by atoms with Crippen LogP contribution in [-0.2, 0) is 6.61 Å². The molecule has 0 radical (unpaired) electrons. The molecule has 0 aliphatic rings. The molecule has 0 amide bonds. The number of nitrogen functional groups attached to an aromatic ring is 1. The van der Waals surface area contributed by atoms with Gasteiger partial charge in [-0.2, -0.15) is 5.26 Å². The molecule has 0 heterocycles. The molecule has 0 saturated carbocycles. The minimum Gasteiger partial charge on any atom is -0.497 e. The summed E-state index contributed by atoms with van der Waals surface area (Å²) in [4.78, 5) is 0. The molecule has 4 heteroatoms. The molecule has 0 saturated heterocycles. The van der Waals surface area contributed by atoms with E-state index in [0.717, 1.165) is 5.56 Å². The van der Waals surface area contributed by atoms with Crippen LogP contribution in [0.1, 0.15) is 11.1 Å². The monoisotopic (exact) mass is 254 g/mol. The van der Waals surface area contributed by atoms with Gasteiger partial charge in [-0.3, -0.25) is 0 Å². The average Bonchev–Trinajstić information content (AvgIpc) is 2.46. The highest BCUT2D eigenvalue weighted by atomic mass is 16.5. The lowest BCUT2D eigenvalue weighted by atomic mass is 10.1. The van der Waals surface area contributed by atoms with Crippen LogP contribution in [0.15, 0.2) is 42.5 Å². The van der Waals surface area contributed by atoms with E-state index in [2.05, 4.69) is 6.07 Å². The first kappa shape index (κ1) is 12.8. The highest BCUT2D eigenvalue weighted by Gasteiger charge is 2.05. The molecular formula is C15H14N2O2. The van der Waals surface area contributed by atoms with Gasteiger partial charge in [0.15, 0.2) is 0 Å². The van der Waals surface area contributed by atoms with Crippen molar-refractivity contribution in [3.8, 4) is 17.6 Å². The van der Waals surface area contributed by atoms with Crippen LogP contribution in [0.3, 0.4) is 0 Å². The SMILES string of the molecule is COc1ccc(OCc2ccccc2C#N)c(N)c1. The first-order valence-electron chi connectivity index (χ1n) is 5.79. The Morgan fingerprint density at radius 1 is 1.21 bits per heavy atom. The zero-order valence-corrected chi connectivity index (χ0v) is 10.6. The molecule has 0 aromatic heterocycles. The summed E-state index contributed by atoms with van der Waals surface area (Å²) in [5.74, 6) is 1.26. The van der Waals surface area contributed by atoms with Crippen molar-refractivity contribution < 1.29 is 9.47 Å². The molecular weight excluding hydrogens is 240 g/mol. The van der Waals surface area contributed by atoms with Crippen molar-refractivity contribution in [1.29, 1.82) is 5.26 Å². The largest absolute Gasteiger partial charge is 0.497 e. The van der Waals surface area contributed by atoms with Crippen LogP contribution < -0.4 is 15.2 Å². The Kier molecular flexibility index (Phi) is 3.89. The normalized spacial score (nSPS) is 9.68. The third-order valence-corrected chi connectivity index (χ3v) is 2.74. The Bertz CT molecular complexity index is 618. The smallest absolute Gasteiger partial charge is 0.142 e. The molecule has 96 valence electrons. The molecule has 2 aromatic rings. The summed E-state index contributed by atoms with van der Waals surface area (Å²) >= 11 is 0. The second-order valence-corrected chi connectivity index (χ2v) is 3.96. The lowest BCUT2D eigenvalue weighted by Gasteiger charge is -2.10. The first-order valence-corrected chi connectivity index (χ1v) is 5.79. The molecule has 0 bridgehead atoms. The lowest BCUT2D eigenvalue weighted by molar-refractivity contribution is 0.307. The summed E-state index contributed by atoms with van der Waals surface area (Å²) in [7, 11) is 1.58. The summed E-state index contributed by atoms with van der Waals surface area (Å²) in [6, 6.07) is 14.7. The zero-order chi connectivity index (χ0) is 13.7. The van der Waals surface area contributed by atoms with Crippen molar-refractivity contribution in [2.45, 2.75) is 6.61 Å². The molecule has 4 nitrogen and oxygen atoms in total. The van der Waals surface area contributed by atoms with E-state index in [1.165, 1.54) is 0 Å². The van der Waals surface area contributed by atoms with Crippen molar-refractivity contribution >= 4 is 5.69 Å². The summed E-state index contributed by atoms with van der Waals surface area (Å²) in [5, 5.41) is 8.99. The van der Waals surface area contributed by atoms with Gasteiger partial charge in [0.2, 0.25) is 0 Å². The van der Waals surface area contributed by atoms with Gasteiger partial charge in [0.05, 0.1) is 24.4 Å². The van der Waals surface area contributed by atoms with Crippen LogP contribution in [0.2, 0.25) is 0 Å². The highest BCUT2D eigenvalue weighted by Crippen LogP contribution is 2.27. The second kappa shape index (κ2) is 5.78. The molecule has 0 atom stereocenters. The van der Waals surface area contributed by atoms with Gasteiger partial charge in [-0.05, 0) is 18.2 Å². The average molecular weight is 254 g/mol. The Morgan fingerprint density at radius 3 is 2.68 bits per heavy atom. The van der Waals surface area contributed by atoms with Gasteiger partial charge in [-0.15, -0.1) is 0 Å². The molecule has 0 fully saturated rings. The van der Waals surface area contributed by atoms with Gasteiger partial charge in [-0.25, -0.2) is 0 Å². The van der Waals surface area contributed by atoms with Gasteiger partial charge in [0, 0.05) is 11.6 Å². The number of methoxy groups -OCH3 is 1. The number of hydrogen-bond acceptors (Lipinski definition) is 4. The van der Waals surface area contributed by atoms with Crippen LogP contribution in [-0.4, -0.2) is 7.11 Å². The molecule has 0 spiro atoms. The van der Waals surface area contributed by atoms with Crippen LogP contribution in [0.25, 0.3) is 0 Å². The number of anilines is 1. The van der Waals surface area contributed by atoms with Gasteiger partial charge in [-0.1, -0.05) is 18.2 Å². The van der Waals surface area contributed by atoms with Crippen molar-refractivity contribution in [1.82, 2.24) is 0 Å². The van der Waals surface area contributed by atoms with E-state index in [1.54, 1.807) is 31.4 Å². The Hall–Kier alpha value is -2.67. The maximum Gasteiger partial charge on any atom is 0.142 e. The number of ether oxygens (including phenoxy) is 2. The first-order chi connectivity index (χ1) is 9.24. The van der Waals surface area contributed by atoms with E-state index in [-0.39, 0.29) is 0 Å². The predicted octanol–water partition coefficient (Wildman–Crippen LogP) is 2.73. The third-order valence-electron chi connectivity index (χ3n) is 2.74. The Balaban J connectivity index is 2.13. The summed E-state index contributed by atoms with van der Waals surface area (Å²) in [6.07, 6.45) is 0. The van der Waals surface area contributed by atoms with Crippen LogP contribution in [0, 0.1) is 11.3 Å². The summed E-state index contributed by atoms with van der Waals surface area (Å²) < 4.78 is 10.7. The summed E-state index contributed by atoms with van der Waals surface area (Å²) in [6.45, 7) is 0.306. The highest BCUT2D eigenvalue weighted by molar-refractivity contribution is 5.56. The third kappa shape index (κ3) is 2.96. The number of nitrogens with zero attached hydrogens (tertiary/aromatic N) is 1. The van der Waals surface area contributed by atoms with Gasteiger partial charge in [0.25, 0.3) is 0 Å². The van der Waals surface area contributed by atoms with Crippen molar-refractivity contribution in [2.75, 3.05) is 12.8 Å². The fourth-order valence-corrected chi connectivity index (χ4v) is 1.70. The molecule has 0 unspecified atom stereocenters. The number of nitriles is 1. The minimum absolute atomic E-state index is 0.306. The Morgan fingerprint density at radius 2 is 2.00 bits per heavy atom.